The number of amides is 3. The molecule has 20 heavy (non-hydrogen) atoms. The first-order valence-electron chi connectivity index (χ1n) is 5.91. The monoisotopic (exact) mass is 271 g/mol. The molecule has 100 valence electrons. The van der Waals surface area contributed by atoms with Gasteiger partial charge in [0, 0.05) is 17.7 Å². The maximum absolute atomic E-state index is 12.1. The predicted molar refractivity (Wildman–Crippen MR) is 68.2 cm³/mol. The fourth-order valence-corrected chi connectivity index (χ4v) is 2.34. The van der Waals surface area contributed by atoms with Gasteiger partial charge in [-0.1, -0.05) is 0 Å². The Morgan fingerprint density at radius 1 is 1.35 bits per heavy atom. The van der Waals surface area contributed by atoms with E-state index in [2.05, 4.69) is 37.4 Å². The zero-order chi connectivity index (χ0) is 14.2. The van der Waals surface area contributed by atoms with Gasteiger partial charge >= 0.3 is 0 Å². The van der Waals surface area contributed by atoms with E-state index in [4.69, 9.17) is 0 Å². The van der Waals surface area contributed by atoms with E-state index in [1.165, 1.54) is 12.4 Å². The minimum atomic E-state index is -1.03. The van der Waals surface area contributed by atoms with Crippen molar-refractivity contribution in [3.8, 4) is 0 Å². The molecule has 3 aliphatic heterocycles. The Hall–Kier alpha value is -2.82. The van der Waals surface area contributed by atoms with Crippen LogP contribution in [0.4, 0.5) is 0 Å². The van der Waals surface area contributed by atoms with Gasteiger partial charge in [-0.15, -0.1) is 0 Å². The number of hydrogen-bond acceptors (Lipinski definition) is 6. The summed E-state index contributed by atoms with van der Waals surface area (Å²) < 4.78 is 0. The number of amidine groups is 1. The summed E-state index contributed by atoms with van der Waals surface area (Å²) in [6, 6.07) is 0. The molecule has 3 amide bonds. The Bertz CT molecular complexity index is 671. The molecule has 4 rings (SSSR count). The molecule has 0 unspecified atom stereocenters. The lowest BCUT2D eigenvalue weighted by molar-refractivity contribution is -0.154. The first-order chi connectivity index (χ1) is 9.61. The van der Waals surface area contributed by atoms with E-state index in [0.717, 1.165) is 0 Å². The highest BCUT2D eigenvalue weighted by Crippen LogP contribution is 2.41. The van der Waals surface area contributed by atoms with E-state index in [1.54, 1.807) is 0 Å². The van der Waals surface area contributed by atoms with Gasteiger partial charge in [0.1, 0.15) is 5.54 Å². The first kappa shape index (κ1) is 12.2. The summed E-state index contributed by atoms with van der Waals surface area (Å²) in [6.07, 6.45) is 3.06. The number of aliphatic imine (C=N–C) groups is 3. The average Bonchev–Trinajstić information content (AvgIpc) is 2.30. The Labute approximate surface area is 113 Å². The van der Waals surface area contributed by atoms with Crippen LogP contribution in [-0.4, -0.2) is 40.8 Å². The van der Waals surface area contributed by atoms with Crippen LogP contribution < -0.4 is 10.6 Å². The van der Waals surface area contributed by atoms with Crippen molar-refractivity contribution in [2.45, 2.75) is 18.4 Å². The molecule has 3 heterocycles. The molecular weight excluding hydrogens is 262 g/mol. The van der Waals surface area contributed by atoms with Crippen molar-refractivity contribution in [1.29, 1.82) is 0 Å². The van der Waals surface area contributed by atoms with Gasteiger partial charge in [0.2, 0.25) is 11.7 Å². The highest BCUT2D eigenvalue weighted by molar-refractivity contribution is 6.40. The van der Waals surface area contributed by atoms with Gasteiger partial charge in [-0.05, 0) is 12.8 Å². The Kier molecular flexibility index (Phi) is 2.68. The molecule has 0 aromatic carbocycles. The number of fused-ring (bicyclic) bond motifs is 2. The second kappa shape index (κ2) is 4.38. The van der Waals surface area contributed by atoms with Crippen LogP contribution in [0.25, 0.3) is 0 Å². The molecule has 4 aliphatic rings. The summed E-state index contributed by atoms with van der Waals surface area (Å²) in [5, 5.41) is 4.82. The molecule has 0 atom stereocenters. The molecule has 8 heteroatoms. The third-order valence-electron chi connectivity index (χ3n) is 3.40. The molecular formula is C12H9N5O3. The summed E-state index contributed by atoms with van der Waals surface area (Å²) >= 11 is 0. The standard InChI is InChI=1S/C12H9N5O3/c18-9-7-5-12(6-7,11(20)16-9)17-10(19)8-14-3-1-13-2-4-15-8/h1,4,7H,5-6H2,(H,17,19)(H,16,18,20)/b15-8-. The molecule has 0 spiro atoms. The number of rotatable bonds is 2. The van der Waals surface area contributed by atoms with E-state index in [-0.39, 0.29) is 17.7 Å². The number of hydrogen-bond donors (Lipinski definition) is 2. The highest BCUT2D eigenvalue weighted by Gasteiger charge is 2.58. The number of nitrogens with zero attached hydrogens (tertiary/aromatic N) is 3. The van der Waals surface area contributed by atoms with Crippen molar-refractivity contribution in [1.82, 2.24) is 10.6 Å². The van der Waals surface area contributed by atoms with Crippen LogP contribution in [0.1, 0.15) is 12.8 Å². The quantitative estimate of drug-likeness (QED) is 0.608. The molecule has 0 radical (unpaired) electrons. The predicted octanol–water partition coefficient (Wildman–Crippen LogP) is -1.31. The van der Waals surface area contributed by atoms with Crippen molar-refractivity contribution in [2.24, 2.45) is 20.9 Å². The van der Waals surface area contributed by atoms with Crippen LogP contribution in [0.5, 0.6) is 0 Å². The van der Waals surface area contributed by atoms with Crippen molar-refractivity contribution in [3.63, 3.8) is 0 Å². The summed E-state index contributed by atoms with van der Waals surface area (Å²) in [5.74, 6) is 3.11. The fraction of sp³-hybridized carbons (Fsp3) is 0.333. The normalized spacial score (nSPS) is 32.6. The molecule has 1 saturated carbocycles. The average molecular weight is 271 g/mol. The topological polar surface area (TPSA) is 112 Å². The van der Waals surface area contributed by atoms with Crippen molar-refractivity contribution in [2.75, 3.05) is 0 Å². The SMILES string of the molecule is O=C(NC12CC(C1)C(=O)NC2=O)/C1=N/C=C=NC=C=N1. The van der Waals surface area contributed by atoms with Crippen LogP contribution in [0.2, 0.25) is 0 Å². The molecule has 1 aliphatic carbocycles. The van der Waals surface area contributed by atoms with Gasteiger partial charge in [-0.3, -0.25) is 19.7 Å². The number of carbonyl (C=O) groups excluding carboxylic acids is 3. The van der Waals surface area contributed by atoms with Crippen LogP contribution in [0.15, 0.2) is 27.4 Å². The van der Waals surface area contributed by atoms with Crippen LogP contribution in [0.3, 0.4) is 0 Å². The third kappa shape index (κ3) is 1.89. The first-order valence-corrected chi connectivity index (χ1v) is 5.91. The fourth-order valence-electron chi connectivity index (χ4n) is 2.34. The second-order valence-corrected chi connectivity index (χ2v) is 4.67. The van der Waals surface area contributed by atoms with Gasteiger partial charge in [-0.2, -0.15) is 4.99 Å². The number of nitrogens with one attached hydrogen (secondary N) is 2. The van der Waals surface area contributed by atoms with E-state index in [9.17, 15) is 14.4 Å². The van der Waals surface area contributed by atoms with Crippen molar-refractivity contribution >= 4 is 35.3 Å². The zero-order valence-electron chi connectivity index (χ0n) is 10.2. The number of carbonyl (C=O) groups is 3. The van der Waals surface area contributed by atoms with E-state index >= 15 is 0 Å². The number of imide groups is 1. The molecule has 3 fully saturated rings. The van der Waals surface area contributed by atoms with Crippen molar-refractivity contribution < 1.29 is 14.4 Å². The third-order valence-corrected chi connectivity index (χ3v) is 3.40. The summed E-state index contributed by atoms with van der Waals surface area (Å²) in [7, 11) is 0. The highest BCUT2D eigenvalue weighted by atomic mass is 16.2. The summed E-state index contributed by atoms with van der Waals surface area (Å²) in [5.41, 5.74) is -1.03. The Morgan fingerprint density at radius 2 is 2.15 bits per heavy atom. The second-order valence-electron chi connectivity index (χ2n) is 4.67. The smallest absolute Gasteiger partial charge is 0.290 e. The minimum absolute atomic E-state index is 0.147. The van der Waals surface area contributed by atoms with Gasteiger partial charge in [0.25, 0.3) is 11.8 Å². The Balaban J connectivity index is 1.78. The van der Waals surface area contributed by atoms with Gasteiger partial charge in [0.15, 0.2) is 0 Å². The van der Waals surface area contributed by atoms with E-state index in [1.807, 2.05) is 0 Å². The summed E-state index contributed by atoms with van der Waals surface area (Å²) in [6.45, 7) is 0. The maximum atomic E-state index is 12.1. The molecule has 2 N–H and O–H groups in total. The van der Waals surface area contributed by atoms with E-state index < -0.39 is 17.4 Å². The lowest BCUT2D eigenvalue weighted by atomic mass is 9.64. The minimum Gasteiger partial charge on any atom is -0.335 e. The molecule has 0 aromatic rings. The van der Waals surface area contributed by atoms with Gasteiger partial charge in [-0.25, -0.2) is 9.98 Å². The van der Waals surface area contributed by atoms with Gasteiger partial charge in [0.05, 0.1) is 12.4 Å². The lowest BCUT2D eigenvalue weighted by Gasteiger charge is -2.49. The Morgan fingerprint density at radius 3 is 2.90 bits per heavy atom. The zero-order valence-corrected chi connectivity index (χ0v) is 10.2. The number of piperidine rings is 2. The van der Waals surface area contributed by atoms with Crippen LogP contribution >= 0.6 is 0 Å². The van der Waals surface area contributed by atoms with Crippen LogP contribution in [0, 0.1) is 5.92 Å². The van der Waals surface area contributed by atoms with Crippen molar-refractivity contribution in [3.05, 3.63) is 12.4 Å². The molecule has 0 aromatic heterocycles. The molecule has 8 nitrogen and oxygen atoms in total. The van der Waals surface area contributed by atoms with Crippen LogP contribution in [-0.2, 0) is 14.4 Å². The molecule has 2 saturated heterocycles. The van der Waals surface area contributed by atoms with E-state index in [0.29, 0.717) is 12.8 Å². The maximum Gasteiger partial charge on any atom is 0.290 e. The van der Waals surface area contributed by atoms with Gasteiger partial charge < -0.3 is 5.32 Å². The molecule has 2 bridgehead atoms. The lowest BCUT2D eigenvalue weighted by Crippen LogP contribution is -2.73. The summed E-state index contributed by atoms with van der Waals surface area (Å²) in [4.78, 5) is 46.3. The largest absolute Gasteiger partial charge is 0.335 e.